The van der Waals surface area contributed by atoms with E-state index in [2.05, 4.69) is 10.3 Å². The number of urea groups is 1. The molecule has 3 aromatic carbocycles. The molecule has 0 saturated carbocycles. The van der Waals surface area contributed by atoms with Crippen LogP contribution in [0.3, 0.4) is 0 Å². The molecule has 37 heavy (non-hydrogen) atoms. The van der Waals surface area contributed by atoms with Gasteiger partial charge in [-0.05, 0) is 59.7 Å². The van der Waals surface area contributed by atoms with Crippen LogP contribution >= 0.6 is 46.4 Å². The number of carbonyl (C=O) groups excluding carboxylic acids is 1. The van der Waals surface area contributed by atoms with Crippen LogP contribution in [0, 0.1) is 0 Å². The molecule has 0 aliphatic rings. The normalized spacial score (nSPS) is 12.3. The van der Waals surface area contributed by atoms with E-state index in [0.29, 0.717) is 37.9 Å². The Hall–Kier alpha value is -3.23. The molecule has 0 aliphatic carbocycles. The first-order chi connectivity index (χ1) is 17.8. The smallest absolute Gasteiger partial charge is 0.329 e. The van der Waals surface area contributed by atoms with E-state index in [1.807, 2.05) is 16.7 Å². The number of benzene rings is 3. The second-order valence-corrected chi connectivity index (χ2v) is 9.74. The molecule has 1 heterocycles. The maximum absolute atomic E-state index is 13.4. The standard InChI is InChI=1S/C26H22Cl4N6O/c27-18-3-1-17(2-4-18)14-33-26(37)36(21-8-5-19(28)6-9-21)25(31)34-24(15-35-12-11-32-16-35)22-10-7-20(29)13-23(22)30/h1-13,16,24H,14-15H2,(H2,31,34)(H,33,37). The van der Waals surface area contributed by atoms with Gasteiger partial charge in [-0.15, -0.1) is 0 Å². The molecule has 4 rings (SSSR count). The lowest BCUT2D eigenvalue weighted by atomic mass is 10.1. The van der Waals surface area contributed by atoms with Crippen molar-refractivity contribution in [3.8, 4) is 0 Å². The number of hydrogen-bond donors (Lipinski definition) is 2. The SMILES string of the molecule is NC(=NC(Cn1ccnc1)c1ccc(Cl)cc1Cl)N(C(=O)NCc1ccc(Cl)cc1)c1ccc(Cl)cc1. The van der Waals surface area contributed by atoms with Crippen molar-refractivity contribution in [1.29, 1.82) is 0 Å². The third-order valence-electron chi connectivity index (χ3n) is 5.43. The van der Waals surface area contributed by atoms with Gasteiger partial charge < -0.3 is 15.6 Å². The Morgan fingerprint density at radius 1 is 0.973 bits per heavy atom. The van der Waals surface area contributed by atoms with Gasteiger partial charge in [0.15, 0.2) is 0 Å². The second kappa shape index (κ2) is 12.3. The van der Waals surface area contributed by atoms with Gasteiger partial charge in [0, 0.05) is 39.0 Å². The van der Waals surface area contributed by atoms with Gasteiger partial charge >= 0.3 is 6.03 Å². The predicted octanol–water partition coefficient (Wildman–Crippen LogP) is 6.97. The number of nitrogens with zero attached hydrogens (tertiary/aromatic N) is 4. The van der Waals surface area contributed by atoms with Crippen LogP contribution in [0.25, 0.3) is 0 Å². The fourth-order valence-corrected chi connectivity index (χ4v) is 4.38. The molecule has 2 amide bonds. The zero-order valence-corrected chi connectivity index (χ0v) is 22.4. The quantitative estimate of drug-likeness (QED) is 0.184. The van der Waals surface area contributed by atoms with Gasteiger partial charge in [-0.25, -0.2) is 19.7 Å². The van der Waals surface area contributed by atoms with Crippen molar-refractivity contribution in [2.75, 3.05) is 4.90 Å². The third-order valence-corrected chi connectivity index (χ3v) is 6.49. The Morgan fingerprint density at radius 3 is 2.24 bits per heavy atom. The Kier molecular flexibility index (Phi) is 8.95. The number of carbonyl (C=O) groups is 1. The van der Waals surface area contributed by atoms with E-state index in [-0.39, 0.29) is 12.5 Å². The topological polar surface area (TPSA) is 88.5 Å². The number of amides is 2. The number of halogens is 4. The number of anilines is 1. The number of aromatic nitrogens is 2. The average molecular weight is 576 g/mol. The van der Waals surface area contributed by atoms with Crippen molar-refractivity contribution in [1.82, 2.24) is 14.9 Å². The Bertz CT molecular complexity index is 1380. The summed E-state index contributed by atoms with van der Waals surface area (Å²) in [6.45, 7) is 0.637. The molecule has 1 atom stereocenters. The summed E-state index contributed by atoms with van der Waals surface area (Å²) in [6, 6.07) is 18.0. The maximum Gasteiger partial charge on any atom is 0.329 e. The van der Waals surface area contributed by atoms with Gasteiger partial charge in [0.1, 0.15) is 0 Å². The fraction of sp³-hybridized carbons (Fsp3) is 0.115. The minimum absolute atomic E-state index is 0.0351. The Labute approximate surface area is 234 Å². The number of nitrogens with one attached hydrogen (secondary N) is 1. The summed E-state index contributed by atoms with van der Waals surface area (Å²) >= 11 is 24.7. The molecule has 1 aromatic heterocycles. The average Bonchev–Trinajstić information content (AvgIpc) is 3.38. The monoisotopic (exact) mass is 574 g/mol. The van der Waals surface area contributed by atoms with Crippen LogP contribution in [0.4, 0.5) is 10.5 Å². The number of hydrogen-bond acceptors (Lipinski definition) is 3. The van der Waals surface area contributed by atoms with E-state index in [1.54, 1.807) is 73.3 Å². The van der Waals surface area contributed by atoms with Crippen LogP contribution in [0.5, 0.6) is 0 Å². The molecule has 4 aromatic rings. The summed E-state index contributed by atoms with van der Waals surface area (Å²) in [6.07, 6.45) is 5.13. The number of aliphatic imine (C=N–C) groups is 1. The third kappa shape index (κ3) is 7.17. The highest BCUT2D eigenvalue weighted by molar-refractivity contribution is 6.35. The molecule has 7 nitrogen and oxygen atoms in total. The number of rotatable bonds is 7. The van der Waals surface area contributed by atoms with Crippen LogP contribution in [0.15, 0.2) is 90.4 Å². The van der Waals surface area contributed by atoms with E-state index in [4.69, 9.17) is 57.1 Å². The van der Waals surface area contributed by atoms with Gasteiger partial charge in [0.05, 0.1) is 24.6 Å². The van der Waals surface area contributed by atoms with Crippen molar-refractivity contribution < 1.29 is 4.79 Å². The lowest BCUT2D eigenvalue weighted by Gasteiger charge is -2.24. The van der Waals surface area contributed by atoms with E-state index < -0.39 is 12.1 Å². The van der Waals surface area contributed by atoms with Gasteiger partial charge in [-0.1, -0.05) is 64.6 Å². The van der Waals surface area contributed by atoms with Crippen LogP contribution in [0.2, 0.25) is 20.1 Å². The van der Waals surface area contributed by atoms with E-state index >= 15 is 0 Å². The van der Waals surface area contributed by atoms with Crippen molar-refractivity contribution in [2.24, 2.45) is 10.7 Å². The zero-order valence-electron chi connectivity index (χ0n) is 19.4. The van der Waals surface area contributed by atoms with E-state index in [0.717, 1.165) is 5.56 Å². The maximum atomic E-state index is 13.4. The lowest BCUT2D eigenvalue weighted by molar-refractivity contribution is 0.248. The van der Waals surface area contributed by atoms with Gasteiger partial charge in [-0.3, -0.25) is 0 Å². The number of imidazole rings is 1. The Morgan fingerprint density at radius 2 is 1.62 bits per heavy atom. The molecule has 190 valence electrons. The summed E-state index contributed by atoms with van der Waals surface area (Å²) < 4.78 is 1.85. The molecule has 0 aliphatic heterocycles. The first-order valence-electron chi connectivity index (χ1n) is 11.1. The molecule has 0 bridgehead atoms. The Balaban J connectivity index is 1.68. The summed E-state index contributed by atoms with van der Waals surface area (Å²) in [7, 11) is 0. The highest BCUT2D eigenvalue weighted by atomic mass is 35.5. The van der Waals surface area contributed by atoms with Crippen LogP contribution in [-0.2, 0) is 13.1 Å². The minimum Gasteiger partial charge on any atom is -0.369 e. The molecule has 0 saturated heterocycles. The van der Waals surface area contributed by atoms with Crippen LogP contribution in [0.1, 0.15) is 17.2 Å². The van der Waals surface area contributed by atoms with Crippen molar-refractivity contribution in [3.63, 3.8) is 0 Å². The number of nitrogens with two attached hydrogens (primary N) is 1. The predicted molar refractivity (Wildman–Crippen MR) is 151 cm³/mol. The molecule has 3 N–H and O–H groups in total. The first kappa shape index (κ1) is 26.8. The van der Waals surface area contributed by atoms with E-state index in [1.165, 1.54) is 4.90 Å². The van der Waals surface area contributed by atoms with Crippen molar-refractivity contribution >= 4 is 64.1 Å². The molecular formula is C26H22Cl4N6O. The summed E-state index contributed by atoms with van der Waals surface area (Å²) in [4.78, 5) is 23.5. The molecule has 1 unspecified atom stereocenters. The van der Waals surface area contributed by atoms with Crippen molar-refractivity contribution in [2.45, 2.75) is 19.1 Å². The number of guanidine groups is 1. The zero-order chi connectivity index (χ0) is 26.4. The molecule has 0 spiro atoms. The molecule has 0 fully saturated rings. The summed E-state index contributed by atoms with van der Waals surface area (Å²) in [5.41, 5.74) is 8.55. The summed E-state index contributed by atoms with van der Waals surface area (Å²) in [5, 5.41) is 4.94. The molecule has 11 heteroatoms. The van der Waals surface area contributed by atoms with Crippen molar-refractivity contribution in [3.05, 3.63) is 117 Å². The summed E-state index contributed by atoms with van der Waals surface area (Å²) in [5.74, 6) is -0.0351. The first-order valence-corrected chi connectivity index (χ1v) is 12.6. The molecule has 0 radical (unpaired) electrons. The highest BCUT2D eigenvalue weighted by Gasteiger charge is 2.23. The van der Waals surface area contributed by atoms with Crippen LogP contribution in [-0.4, -0.2) is 21.5 Å². The van der Waals surface area contributed by atoms with Gasteiger partial charge in [0.25, 0.3) is 0 Å². The minimum atomic E-state index is -0.544. The second-order valence-electron chi connectivity index (χ2n) is 8.03. The molecular weight excluding hydrogens is 554 g/mol. The van der Waals surface area contributed by atoms with Crippen LogP contribution < -0.4 is 16.0 Å². The largest absolute Gasteiger partial charge is 0.369 e. The fourth-order valence-electron chi connectivity index (χ4n) is 3.59. The van der Waals surface area contributed by atoms with E-state index in [9.17, 15) is 4.79 Å². The highest BCUT2D eigenvalue weighted by Crippen LogP contribution is 2.30. The van der Waals surface area contributed by atoms with Gasteiger partial charge in [-0.2, -0.15) is 0 Å². The van der Waals surface area contributed by atoms with Gasteiger partial charge in [0.2, 0.25) is 5.96 Å². The lowest BCUT2D eigenvalue weighted by Crippen LogP contribution is -2.47.